The molecule has 1 atom stereocenters. The minimum absolute atomic E-state index is 0.0701. The highest BCUT2D eigenvalue weighted by atomic mass is 79.9. The number of aryl methyl sites for hydroxylation is 1. The van der Waals surface area contributed by atoms with Gasteiger partial charge in [-0.05, 0) is 80.8 Å². The fourth-order valence-electron chi connectivity index (χ4n) is 4.78. The third-order valence-electron chi connectivity index (χ3n) is 7.11. The van der Waals surface area contributed by atoms with Gasteiger partial charge >= 0.3 is 0 Å². The van der Waals surface area contributed by atoms with E-state index in [2.05, 4.69) is 21.2 Å². The van der Waals surface area contributed by atoms with Crippen molar-refractivity contribution in [2.75, 3.05) is 10.8 Å². The standard InChI is InChI=1S/C30H33BrFN3O4S/c1-21-10-14-27(15-11-21)35(40(38,39)28-16-12-25(32)13-17-28)20-29(36)34(19-23-6-5-7-24(31)18-23)22(2)30(37)33-26-8-3-4-9-26/h5-7,10-18,22,26H,3-4,8-9,19-20H2,1-2H3,(H,33,37). The molecule has 4 rings (SSSR count). The number of benzene rings is 3. The second kappa shape index (κ2) is 13.0. The molecule has 40 heavy (non-hydrogen) atoms. The third-order valence-corrected chi connectivity index (χ3v) is 9.39. The molecule has 0 radical (unpaired) electrons. The predicted octanol–water partition coefficient (Wildman–Crippen LogP) is 5.57. The molecule has 1 aliphatic carbocycles. The Hall–Kier alpha value is -3.24. The van der Waals surface area contributed by atoms with E-state index in [9.17, 15) is 22.4 Å². The monoisotopic (exact) mass is 629 g/mol. The fraction of sp³-hybridized carbons (Fsp3) is 0.333. The highest BCUT2D eigenvalue weighted by molar-refractivity contribution is 9.10. The number of carbonyl (C=O) groups is 2. The Kier molecular flexibility index (Phi) is 9.63. The van der Waals surface area contributed by atoms with Gasteiger partial charge in [-0.2, -0.15) is 0 Å². The lowest BCUT2D eigenvalue weighted by Crippen LogP contribution is -2.52. The van der Waals surface area contributed by atoms with E-state index in [0.717, 1.165) is 57.7 Å². The molecule has 0 saturated heterocycles. The van der Waals surface area contributed by atoms with Crippen molar-refractivity contribution in [2.24, 2.45) is 0 Å². The number of nitrogens with one attached hydrogen (secondary N) is 1. The van der Waals surface area contributed by atoms with Gasteiger partial charge in [0, 0.05) is 17.1 Å². The first-order chi connectivity index (χ1) is 19.0. The minimum atomic E-state index is -4.25. The number of sulfonamides is 1. The summed E-state index contributed by atoms with van der Waals surface area (Å²) in [6, 6.07) is 17.9. The lowest BCUT2D eigenvalue weighted by molar-refractivity contribution is -0.139. The van der Waals surface area contributed by atoms with Crippen LogP contribution >= 0.6 is 15.9 Å². The molecule has 0 heterocycles. The number of hydrogen-bond acceptors (Lipinski definition) is 4. The Morgan fingerprint density at radius 2 is 1.68 bits per heavy atom. The van der Waals surface area contributed by atoms with Crippen molar-refractivity contribution in [3.63, 3.8) is 0 Å². The quantitative estimate of drug-likeness (QED) is 0.318. The zero-order chi connectivity index (χ0) is 28.9. The molecular formula is C30H33BrFN3O4S. The SMILES string of the molecule is Cc1ccc(N(CC(=O)N(Cc2cccc(Br)c2)C(C)C(=O)NC2CCCC2)S(=O)(=O)c2ccc(F)cc2)cc1. The molecule has 1 unspecified atom stereocenters. The smallest absolute Gasteiger partial charge is 0.264 e. The van der Waals surface area contributed by atoms with E-state index in [4.69, 9.17) is 0 Å². The molecule has 0 aliphatic heterocycles. The molecular weight excluding hydrogens is 597 g/mol. The number of hydrogen-bond donors (Lipinski definition) is 1. The molecule has 0 bridgehead atoms. The van der Waals surface area contributed by atoms with Gasteiger partial charge < -0.3 is 10.2 Å². The summed E-state index contributed by atoms with van der Waals surface area (Å²) >= 11 is 3.45. The third kappa shape index (κ3) is 7.28. The number of rotatable bonds is 10. The molecule has 2 amide bonds. The van der Waals surface area contributed by atoms with Crippen LogP contribution in [-0.2, 0) is 26.2 Å². The second-order valence-electron chi connectivity index (χ2n) is 10.1. The molecule has 1 aliphatic rings. The van der Waals surface area contributed by atoms with E-state index in [1.165, 1.54) is 17.0 Å². The summed E-state index contributed by atoms with van der Waals surface area (Å²) in [6.07, 6.45) is 3.89. The van der Waals surface area contributed by atoms with Gasteiger partial charge in [-0.1, -0.05) is 58.6 Å². The van der Waals surface area contributed by atoms with Crippen molar-refractivity contribution >= 4 is 43.5 Å². The Balaban J connectivity index is 1.68. The van der Waals surface area contributed by atoms with Gasteiger partial charge in [-0.25, -0.2) is 12.8 Å². The van der Waals surface area contributed by atoms with Crippen LogP contribution in [0.3, 0.4) is 0 Å². The molecule has 1 N–H and O–H groups in total. The zero-order valence-corrected chi connectivity index (χ0v) is 24.9. The zero-order valence-electron chi connectivity index (χ0n) is 22.5. The number of nitrogens with zero attached hydrogens (tertiary/aromatic N) is 2. The van der Waals surface area contributed by atoms with Gasteiger partial charge in [0.15, 0.2) is 0 Å². The fourth-order valence-corrected chi connectivity index (χ4v) is 6.64. The molecule has 0 aromatic heterocycles. The molecule has 1 fully saturated rings. The van der Waals surface area contributed by atoms with Crippen LogP contribution in [-0.4, -0.2) is 43.8 Å². The summed E-state index contributed by atoms with van der Waals surface area (Å²) in [5.41, 5.74) is 1.99. The molecule has 3 aromatic carbocycles. The van der Waals surface area contributed by atoms with Crippen LogP contribution in [0.2, 0.25) is 0 Å². The maximum Gasteiger partial charge on any atom is 0.264 e. The van der Waals surface area contributed by atoms with E-state index < -0.39 is 34.3 Å². The Labute approximate surface area is 243 Å². The molecule has 3 aromatic rings. The molecule has 0 spiro atoms. The summed E-state index contributed by atoms with van der Waals surface area (Å²) in [5.74, 6) is -1.39. The van der Waals surface area contributed by atoms with Gasteiger partial charge in [-0.15, -0.1) is 0 Å². The Morgan fingerprint density at radius 3 is 2.30 bits per heavy atom. The van der Waals surface area contributed by atoms with Crippen molar-refractivity contribution in [1.82, 2.24) is 10.2 Å². The van der Waals surface area contributed by atoms with E-state index in [1.54, 1.807) is 31.2 Å². The maximum absolute atomic E-state index is 14.0. The van der Waals surface area contributed by atoms with E-state index >= 15 is 0 Å². The van der Waals surface area contributed by atoms with Crippen LogP contribution < -0.4 is 9.62 Å². The van der Waals surface area contributed by atoms with E-state index in [1.807, 2.05) is 31.2 Å². The Bertz CT molecular complexity index is 1440. The van der Waals surface area contributed by atoms with Crippen molar-refractivity contribution in [3.05, 3.63) is 94.2 Å². The van der Waals surface area contributed by atoms with Gasteiger partial charge in [0.1, 0.15) is 18.4 Å². The van der Waals surface area contributed by atoms with Gasteiger partial charge in [0.25, 0.3) is 10.0 Å². The number of amides is 2. The summed E-state index contributed by atoms with van der Waals surface area (Å²) in [4.78, 5) is 28.5. The topological polar surface area (TPSA) is 86.8 Å². The van der Waals surface area contributed by atoms with Crippen LogP contribution in [0.15, 0.2) is 82.2 Å². The highest BCUT2D eigenvalue weighted by Gasteiger charge is 2.33. The van der Waals surface area contributed by atoms with Crippen molar-refractivity contribution in [1.29, 1.82) is 0 Å². The summed E-state index contributed by atoms with van der Waals surface area (Å²) in [5, 5.41) is 3.05. The van der Waals surface area contributed by atoms with Crippen molar-refractivity contribution in [2.45, 2.75) is 63.1 Å². The molecule has 212 valence electrons. The van der Waals surface area contributed by atoms with Crippen LogP contribution in [0.1, 0.15) is 43.7 Å². The first-order valence-corrected chi connectivity index (χ1v) is 15.5. The minimum Gasteiger partial charge on any atom is -0.352 e. The van der Waals surface area contributed by atoms with Crippen LogP contribution in [0.25, 0.3) is 0 Å². The first-order valence-electron chi connectivity index (χ1n) is 13.2. The second-order valence-corrected chi connectivity index (χ2v) is 12.9. The number of halogens is 2. The molecule has 7 nitrogen and oxygen atoms in total. The van der Waals surface area contributed by atoms with Crippen molar-refractivity contribution in [3.8, 4) is 0 Å². The van der Waals surface area contributed by atoms with Crippen LogP contribution in [0, 0.1) is 12.7 Å². The summed E-state index contributed by atoms with van der Waals surface area (Å²) in [6.45, 7) is 3.09. The average molecular weight is 631 g/mol. The predicted molar refractivity (Wildman–Crippen MR) is 157 cm³/mol. The number of anilines is 1. The highest BCUT2D eigenvalue weighted by Crippen LogP contribution is 2.26. The summed E-state index contributed by atoms with van der Waals surface area (Å²) in [7, 11) is -4.25. The van der Waals surface area contributed by atoms with Crippen LogP contribution in [0.4, 0.5) is 10.1 Å². The van der Waals surface area contributed by atoms with E-state index in [-0.39, 0.29) is 29.1 Å². The number of carbonyl (C=O) groups excluding carboxylic acids is 2. The molecule has 1 saturated carbocycles. The van der Waals surface area contributed by atoms with Crippen molar-refractivity contribution < 1.29 is 22.4 Å². The normalized spacial score (nSPS) is 14.5. The molecule has 10 heteroatoms. The van der Waals surface area contributed by atoms with E-state index in [0.29, 0.717) is 0 Å². The largest absolute Gasteiger partial charge is 0.352 e. The summed E-state index contributed by atoms with van der Waals surface area (Å²) < 4.78 is 43.0. The lowest BCUT2D eigenvalue weighted by Gasteiger charge is -2.32. The maximum atomic E-state index is 14.0. The van der Waals surface area contributed by atoms with Gasteiger partial charge in [-0.3, -0.25) is 13.9 Å². The first kappa shape index (κ1) is 29.7. The van der Waals surface area contributed by atoms with Crippen LogP contribution in [0.5, 0.6) is 0 Å². The van der Waals surface area contributed by atoms with Gasteiger partial charge in [0.2, 0.25) is 11.8 Å². The lowest BCUT2D eigenvalue weighted by atomic mass is 10.1. The Morgan fingerprint density at radius 1 is 1.02 bits per heavy atom. The average Bonchev–Trinajstić information content (AvgIpc) is 3.44. The van der Waals surface area contributed by atoms with Gasteiger partial charge in [0.05, 0.1) is 10.6 Å².